The molecule has 0 aromatic carbocycles. The van der Waals surface area contributed by atoms with Gasteiger partial charge in [0.15, 0.2) is 14.1 Å². The molecular weight excluding hydrogens is 725 g/mol. The highest BCUT2D eigenvalue weighted by atomic mass is 28.4. The molecule has 0 amide bonds. The zero-order valence-corrected chi connectivity index (χ0v) is 37.3. The summed E-state index contributed by atoms with van der Waals surface area (Å²) in [5, 5.41) is 55.1. The molecule has 9 fully saturated rings. The Morgan fingerprint density at radius 3 is 1.77 bits per heavy atom. The average molecular weight is 803 g/mol. The summed E-state index contributed by atoms with van der Waals surface area (Å²) in [4.78, 5) is 12.4. The van der Waals surface area contributed by atoms with Crippen molar-refractivity contribution in [2.45, 2.75) is 199 Å². The molecule has 5 N–H and O–H groups in total. The number of aliphatic hydroxyl groups excluding tert-OH is 5. The molecule has 8 aliphatic carbocycles. The second-order valence-corrected chi connectivity index (χ2v) is 28.1. The molecule has 1 spiro atoms. The largest absolute Gasteiger partial charge is 0.414 e. The molecule has 0 aromatic heterocycles. The molecule has 18 atom stereocenters. The molecule has 8 saturated carbocycles. The molecule has 0 radical (unpaired) electrons. The van der Waals surface area contributed by atoms with E-state index in [1.807, 2.05) is 0 Å². The average Bonchev–Trinajstić information content (AvgIpc) is 3.83. The van der Waals surface area contributed by atoms with Crippen LogP contribution in [0, 0.1) is 69.0 Å². The van der Waals surface area contributed by atoms with E-state index in [2.05, 4.69) is 61.6 Å². The van der Waals surface area contributed by atoms with Gasteiger partial charge in [0.1, 0.15) is 5.78 Å². The Balaban J connectivity index is 0.000000168. The molecule has 0 bridgehead atoms. The lowest BCUT2D eigenvalue weighted by Gasteiger charge is -2.64. The summed E-state index contributed by atoms with van der Waals surface area (Å²) in [5.41, 5.74) is -0.322. The van der Waals surface area contributed by atoms with E-state index in [0.29, 0.717) is 49.6 Å². The van der Waals surface area contributed by atoms with Crippen LogP contribution in [0.15, 0.2) is 0 Å². The number of hydrogen-bond donors (Lipinski definition) is 5. The first-order valence-electron chi connectivity index (χ1n) is 22.9. The van der Waals surface area contributed by atoms with Gasteiger partial charge in [-0.1, -0.05) is 48.5 Å². The Hall–Kier alpha value is -0.433. The number of Topliss-reactive ketones (excluding diaryl/α,β-unsaturated/α-hetero) is 1. The standard InChI is InChI=1S/C27H48O5Si.C19H30O4/c1-24(2,3)33(6,7)32-17-8-11-25(4)18-9-12-26(5)19(10-13-27(26)30-14-15-31-27)21(18)23(29)22(28)20(25)16-17;1-18-7-5-10(20)9-13(18)16(22)17(23)15-11-3-4-14(21)19(11,2)8-6-12(15)18/h17-23,28-29H,8-16H2,1-7H3;10-13,15-17,20,22-23H,3-9H2,1-2H3/t17-,18?,19?,20?,21?,22+,23+,25+,26-;10-,11?,12?,13?,15?,16+,17+,18+,19-/m00/s1. The second-order valence-electron chi connectivity index (χ2n) is 23.3. The normalized spacial score (nSPS) is 53.5. The molecule has 320 valence electrons. The minimum absolute atomic E-state index is 0.0183. The van der Waals surface area contributed by atoms with Gasteiger partial charge >= 0.3 is 0 Å². The number of carbonyl (C=O) groups excluding carboxylic acids is 1. The number of carbonyl (C=O) groups is 1. The molecule has 1 aliphatic heterocycles. The Morgan fingerprint density at radius 1 is 0.625 bits per heavy atom. The zero-order valence-electron chi connectivity index (χ0n) is 36.3. The second kappa shape index (κ2) is 14.0. The topological polar surface area (TPSA) is 146 Å². The summed E-state index contributed by atoms with van der Waals surface area (Å²) in [6.07, 6.45) is 9.85. The fraction of sp³-hybridized carbons (Fsp3) is 0.978. The van der Waals surface area contributed by atoms with Crippen molar-refractivity contribution in [3.63, 3.8) is 0 Å². The SMILES string of the molecule is CC(C)(C)[Si](C)(C)O[C@H]1CC[C@]2(C)C3CC[C@@]4(C)C(CCC45OCCO5)C3[C@@H](O)[C@H](O)C2C1.C[C@]12CC[C@H](O)CC1[C@@H](O)[C@H](O)C1C2CC[C@]2(C)C(=O)CCC12. The highest BCUT2D eigenvalue weighted by molar-refractivity contribution is 6.74. The Morgan fingerprint density at radius 2 is 1.16 bits per heavy atom. The van der Waals surface area contributed by atoms with Crippen LogP contribution in [0.4, 0.5) is 0 Å². The van der Waals surface area contributed by atoms with Gasteiger partial charge in [-0.3, -0.25) is 4.79 Å². The summed E-state index contributed by atoms with van der Waals surface area (Å²) in [6.45, 7) is 22.0. The van der Waals surface area contributed by atoms with Crippen molar-refractivity contribution in [1.29, 1.82) is 0 Å². The van der Waals surface area contributed by atoms with Crippen LogP contribution in [0.25, 0.3) is 0 Å². The van der Waals surface area contributed by atoms with Crippen molar-refractivity contribution in [2.24, 2.45) is 69.0 Å². The number of aliphatic hydroxyl groups is 5. The van der Waals surface area contributed by atoms with Crippen molar-refractivity contribution in [3.05, 3.63) is 0 Å². The van der Waals surface area contributed by atoms with Crippen LogP contribution in [-0.4, -0.2) is 95.3 Å². The van der Waals surface area contributed by atoms with E-state index in [9.17, 15) is 30.3 Å². The van der Waals surface area contributed by atoms with Crippen LogP contribution < -0.4 is 0 Å². The lowest BCUT2D eigenvalue weighted by atomic mass is 9.43. The number of hydrogen-bond acceptors (Lipinski definition) is 9. The van der Waals surface area contributed by atoms with Gasteiger partial charge in [0.25, 0.3) is 0 Å². The number of ether oxygens (including phenoxy) is 2. The number of fused-ring (bicyclic) bond motifs is 11. The molecule has 9 aliphatic rings. The third-order valence-corrected chi connectivity index (χ3v) is 24.7. The molecule has 9 rings (SSSR count). The van der Waals surface area contributed by atoms with Gasteiger partial charge in [-0.25, -0.2) is 0 Å². The third kappa shape index (κ3) is 6.04. The third-order valence-electron chi connectivity index (χ3n) is 20.2. The van der Waals surface area contributed by atoms with Crippen LogP contribution >= 0.6 is 0 Å². The van der Waals surface area contributed by atoms with Gasteiger partial charge < -0.3 is 39.4 Å². The number of ketones is 1. The zero-order chi connectivity index (χ0) is 40.6. The van der Waals surface area contributed by atoms with Crippen molar-refractivity contribution in [3.8, 4) is 0 Å². The molecular formula is C46H78O9Si. The molecule has 56 heavy (non-hydrogen) atoms. The minimum Gasteiger partial charge on any atom is -0.414 e. The van der Waals surface area contributed by atoms with Crippen molar-refractivity contribution < 1.29 is 44.2 Å². The van der Waals surface area contributed by atoms with Gasteiger partial charge in [-0.05, 0) is 153 Å². The summed E-state index contributed by atoms with van der Waals surface area (Å²) in [6, 6.07) is 0. The van der Waals surface area contributed by atoms with E-state index in [1.165, 1.54) is 0 Å². The molecule has 0 aromatic rings. The van der Waals surface area contributed by atoms with Gasteiger partial charge in [-0.15, -0.1) is 0 Å². The lowest BCUT2D eigenvalue weighted by molar-refractivity contribution is -0.269. The van der Waals surface area contributed by atoms with Crippen molar-refractivity contribution in [2.75, 3.05) is 13.2 Å². The van der Waals surface area contributed by atoms with Gasteiger partial charge in [0, 0.05) is 29.8 Å². The van der Waals surface area contributed by atoms with E-state index in [-0.39, 0.29) is 68.5 Å². The van der Waals surface area contributed by atoms with E-state index in [0.717, 1.165) is 77.0 Å². The predicted octanol–water partition coefficient (Wildman–Crippen LogP) is 7.00. The summed E-state index contributed by atoms with van der Waals surface area (Å²) in [5.74, 6) is 1.50. The molecule has 1 saturated heterocycles. The molecule has 10 heteroatoms. The summed E-state index contributed by atoms with van der Waals surface area (Å²) >= 11 is 0. The van der Waals surface area contributed by atoms with Crippen LogP contribution in [0.5, 0.6) is 0 Å². The van der Waals surface area contributed by atoms with Gasteiger partial charge in [0.05, 0.1) is 43.7 Å². The monoisotopic (exact) mass is 803 g/mol. The summed E-state index contributed by atoms with van der Waals surface area (Å²) < 4.78 is 19.3. The highest BCUT2D eigenvalue weighted by Gasteiger charge is 2.70. The Labute approximate surface area is 338 Å². The minimum atomic E-state index is -1.86. The highest BCUT2D eigenvalue weighted by Crippen LogP contribution is 2.70. The van der Waals surface area contributed by atoms with E-state index < -0.39 is 38.5 Å². The van der Waals surface area contributed by atoms with Crippen LogP contribution in [0.3, 0.4) is 0 Å². The fourth-order valence-corrected chi connectivity index (χ4v) is 17.2. The molecule has 1 heterocycles. The molecule has 8 unspecified atom stereocenters. The lowest BCUT2D eigenvalue weighted by Crippen LogP contribution is -2.65. The Bertz CT molecular complexity index is 1490. The van der Waals surface area contributed by atoms with E-state index in [1.54, 1.807) is 0 Å². The fourth-order valence-electron chi connectivity index (χ4n) is 15.8. The van der Waals surface area contributed by atoms with Crippen molar-refractivity contribution >= 4 is 14.1 Å². The maximum atomic E-state index is 12.4. The van der Waals surface area contributed by atoms with Crippen molar-refractivity contribution in [1.82, 2.24) is 0 Å². The van der Waals surface area contributed by atoms with Crippen LogP contribution in [-0.2, 0) is 18.7 Å². The maximum Gasteiger partial charge on any atom is 0.192 e. The summed E-state index contributed by atoms with van der Waals surface area (Å²) in [7, 11) is -1.86. The quantitative estimate of drug-likeness (QED) is 0.186. The predicted molar refractivity (Wildman–Crippen MR) is 217 cm³/mol. The number of rotatable bonds is 2. The molecule has 9 nitrogen and oxygen atoms in total. The van der Waals surface area contributed by atoms with E-state index >= 15 is 0 Å². The van der Waals surface area contributed by atoms with Crippen LogP contribution in [0.1, 0.15) is 138 Å². The van der Waals surface area contributed by atoms with Crippen LogP contribution in [0.2, 0.25) is 18.1 Å². The first-order valence-corrected chi connectivity index (χ1v) is 25.8. The van der Waals surface area contributed by atoms with E-state index in [4.69, 9.17) is 13.9 Å². The van der Waals surface area contributed by atoms with Gasteiger partial charge in [0.2, 0.25) is 0 Å². The van der Waals surface area contributed by atoms with Gasteiger partial charge in [-0.2, -0.15) is 0 Å². The first kappa shape index (κ1) is 42.3. The maximum absolute atomic E-state index is 12.4. The smallest absolute Gasteiger partial charge is 0.192 e. The first-order chi connectivity index (χ1) is 26.0. The Kier molecular flexibility index (Phi) is 10.6.